The number of anilines is 1. The van der Waals surface area contributed by atoms with Crippen LogP contribution < -0.4 is 4.90 Å². The van der Waals surface area contributed by atoms with Crippen molar-refractivity contribution in [3.8, 4) is 0 Å². The highest BCUT2D eigenvalue weighted by atomic mass is 19.1. The van der Waals surface area contributed by atoms with Gasteiger partial charge in [0.15, 0.2) is 0 Å². The van der Waals surface area contributed by atoms with Gasteiger partial charge in [-0.3, -0.25) is 9.59 Å². The van der Waals surface area contributed by atoms with Gasteiger partial charge in [-0.2, -0.15) is 0 Å². The van der Waals surface area contributed by atoms with Crippen LogP contribution in [0.1, 0.15) is 24.8 Å². The first-order valence-corrected chi connectivity index (χ1v) is 9.17. The van der Waals surface area contributed by atoms with E-state index in [1.54, 1.807) is 34.3 Å². The number of rotatable bonds is 3. The summed E-state index contributed by atoms with van der Waals surface area (Å²) >= 11 is 0. The van der Waals surface area contributed by atoms with Crippen molar-refractivity contribution in [1.82, 2.24) is 14.9 Å². The first kappa shape index (κ1) is 17.6. The van der Waals surface area contributed by atoms with Crippen LogP contribution in [0.2, 0.25) is 0 Å². The van der Waals surface area contributed by atoms with Gasteiger partial charge < -0.3 is 9.80 Å². The minimum atomic E-state index is -0.397. The summed E-state index contributed by atoms with van der Waals surface area (Å²) in [6.07, 6.45) is 7.04. The summed E-state index contributed by atoms with van der Waals surface area (Å²) in [7, 11) is 0. The third kappa shape index (κ3) is 3.41. The van der Waals surface area contributed by atoms with Gasteiger partial charge in [-0.1, -0.05) is 12.1 Å². The summed E-state index contributed by atoms with van der Waals surface area (Å²) in [5, 5.41) is 0. The molecule has 2 aliphatic heterocycles. The number of hydrogen-bond acceptors (Lipinski definition) is 4. The Morgan fingerprint density at radius 1 is 1.11 bits per heavy atom. The lowest BCUT2D eigenvalue weighted by atomic mass is 9.77. The molecule has 0 bridgehead atoms. The largest absolute Gasteiger partial charge is 0.342 e. The molecule has 7 heteroatoms. The molecule has 0 aliphatic carbocycles. The van der Waals surface area contributed by atoms with Gasteiger partial charge in [0.2, 0.25) is 11.8 Å². The number of amides is 2. The Morgan fingerprint density at radius 3 is 2.52 bits per heavy atom. The van der Waals surface area contributed by atoms with Crippen LogP contribution in [0.15, 0.2) is 43.0 Å². The summed E-state index contributed by atoms with van der Waals surface area (Å²) in [5.74, 6) is -0.247. The van der Waals surface area contributed by atoms with Gasteiger partial charge in [-0.25, -0.2) is 14.4 Å². The first-order valence-electron chi connectivity index (χ1n) is 9.17. The van der Waals surface area contributed by atoms with E-state index in [1.807, 2.05) is 0 Å². The zero-order chi connectivity index (χ0) is 18.9. The molecule has 2 amide bonds. The third-order valence-electron chi connectivity index (χ3n) is 5.69. The number of benzene rings is 1. The lowest BCUT2D eigenvalue weighted by molar-refractivity contribution is -0.137. The molecule has 2 aromatic rings. The second-order valence-corrected chi connectivity index (χ2v) is 7.27. The molecule has 0 unspecified atom stereocenters. The van der Waals surface area contributed by atoms with Crippen molar-refractivity contribution in [2.24, 2.45) is 5.41 Å². The van der Waals surface area contributed by atoms with Crippen LogP contribution >= 0.6 is 0 Å². The van der Waals surface area contributed by atoms with Crippen molar-refractivity contribution in [2.75, 3.05) is 24.5 Å². The smallest absolute Gasteiger partial charge is 0.233 e. The van der Waals surface area contributed by atoms with Gasteiger partial charge in [0, 0.05) is 19.6 Å². The highest BCUT2D eigenvalue weighted by Gasteiger charge is 2.49. The van der Waals surface area contributed by atoms with E-state index in [0.717, 1.165) is 12.1 Å². The molecule has 1 aromatic carbocycles. The zero-order valence-electron chi connectivity index (χ0n) is 15.0. The topological polar surface area (TPSA) is 66.4 Å². The molecule has 0 N–H and O–H groups in total. The molecule has 2 saturated heterocycles. The van der Waals surface area contributed by atoms with Crippen LogP contribution in [0.3, 0.4) is 0 Å². The van der Waals surface area contributed by atoms with Crippen LogP contribution in [0, 0.1) is 11.2 Å². The SMILES string of the molecule is O=C(Cc1cccc(F)c1)N1CCC2(CC1)CCN(c1cncnc1)C2=O. The predicted molar refractivity (Wildman–Crippen MR) is 97.4 cm³/mol. The molecule has 0 saturated carbocycles. The van der Waals surface area contributed by atoms with Crippen LogP contribution in [-0.2, 0) is 16.0 Å². The maximum atomic E-state index is 13.3. The number of carbonyl (C=O) groups is 2. The average molecular weight is 368 g/mol. The van der Waals surface area contributed by atoms with E-state index in [0.29, 0.717) is 38.0 Å². The van der Waals surface area contributed by atoms with Crippen LogP contribution in [-0.4, -0.2) is 46.3 Å². The maximum Gasteiger partial charge on any atom is 0.233 e. The Labute approximate surface area is 157 Å². The number of hydrogen-bond donors (Lipinski definition) is 0. The van der Waals surface area contributed by atoms with Gasteiger partial charge in [-0.15, -0.1) is 0 Å². The molecular formula is C20H21FN4O2. The van der Waals surface area contributed by atoms with Gasteiger partial charge in [0.25, 0.3) is 0 Å². The highest BCUT2D eigenvalue weighted by molar-refractivity contribution is 5.99. The normalized spacial score (nSPS) is 18.9. The number of aromatic nitrogens is 2. The number of halogens is 1. The van der Waals surface area contributed by atoms with Crippen molar-refractivity contribution in [3.05, 3.63) is 54.4 Å². The molecule has 0 atom stereocenters. The number of carbonyl (C=O) groups excluding carboxylic acids is 2. The Hall–Kier alpha value is -2.83. The number of nitrogens with zero attached hydrogens (tertiary/aromatic N) is 4. The van der Waals surface area contributed by atoms with E-state index < -0.39 is 5.41 Å². The third-order valence-corrected chi connectivity index (χ3v) is 5.69. The average Bonchev–Trinajstić information content (AvgIpc) is 2.99. The Bertz CT molecular complexity index is 850. The van der Waals surface area contributed by atoms with E-state index in [1.165, 1.54) is 18.5 Å². The molecule has 1 spiro atoms. The standard InChI is InChI=1S/C20H21FN4O2/c21-16-3-1-2-15(10-16)11-18(26)24-7-4-20(5-8-24)6-9-25(19(20)27)17-12-22-14-23-13-17/h1-3,10,12-14H,4-9,11H2. The summed E-state index contributed by atoms with van der Waals surface area (Å²) in [6, 6.07) is 6.13. The fraction of sp³-hybridized carbons (Fsp3) is 0.400. The van der Waals surface area contributed by atoms with Crippen molar-refractivity contribution in [1.29, 1.82) is 0 Å². The van der Waals surface area contributed by atoms with E-state index in [9.17, 15) is 14.0 Å². The van der Waals surface area contributed by atoms with Crippen molar-refractivity contribution < 1.29 is 14.0 Å². The summed E-state index contributed by atoms with van der Waals surface area (Å²) in [5.41, 5.74) is 1.00. The van der Waals surface area contributed by atoms with Crippen LogP contribution in [0.4, 0.5) is 10.1 Å². The molecule has 0 radical (unpaired) electrons. The predicted octanol–water partition coefficient (Wildman–Crippen LogP) is 2.20. The molecule has 140 valence electrons. The molecule has 6 nitrogen and oxygen atoms in total. The molecule has 1 aromatic heterocycles. The van der Waals surface area contributed by atoms with E-state index in [-0.39, 0.29) is 24.1 Å². The fourth-order valence-corrected chi connectivity index (χ4v) is 4.08. The number of likely N-dealkylation sites (tertiary alicyclic amines) is 1. The van der Waals surface area contributed by atoms with Gasteiger partial charge >= 0.3 is 0 Å². The van der Waals surface area contributed by atoms with E-state index in [4.69, 9.17) is 0 Å². The fourth-order valence-electron chi connectivity index (χ4n) is 4.08. The molecule has 2 fully saturated rings. The second-order valence-electron chi connectivity index (χ2n) is 7.27. The molecule has 2 aliphatic rings. The van der Waals surface area contributed by atoms with E-state index >= 15 is 0 Å². The quantitative estimate of drug-likeness (QED) is 0.833. The molecule has 3 heterocycles. The number of piperidine rings is 1. The van der Waals surface area contributed by atoms with Crippen LogP contribution in [0.5, 0.6) is 0 Å². The van der Waals surface area contributed by atoms with Crippen molar-refractivity contribution >= 4 is 17.5 Å². The molecular weight excluding hydrogens is 347 g/mol. The molecule has 27 heavy (non-hydrogen) atoms. The Morgan fingerprint density at radius 2 is 1.81 bits per heavy atom. The van der Waals surface area contributed by atoms with Crippen LogP contribution in [0.25, 0.3) is 0 Å². The Kier molecular flexibility index (Phi) is 4.59. The van der Waals surface area contributed by atoms with Gasteiger partial charge in [0.1, 0.15) is 12.1 Å². The summed E-state index contributed by atoms with van der Waals surface area (Å²) in [4.78, 5) is 37.1. The maximum absolute atomic E-state index is 13.3. The first-order chi connectivity index (χ1) is 13.1. The van der Waals surface area contributed by atoms with Crippen molar-refractivity contribution in [2.45, 2.75) is 25.7 Å². The molecule has 4 rings (SSSR count). The van der Waals surface area contributed by atoms with E-state index in [2.05, 4.69) is 9.97 Å². The lowest BCUT2D eigenvalue weighted by Crippen LogP contribution is -2.47. The highest BCUT2D eigenvalue weighted by Crippen LogP contribution is 2.42. The minimum absolute atomic E-state index is 0.0192. The van der Waals surface area contributed by atoms with Gasteiger partial charge in [-0.05, 0) is 37.0 Å². The monoisotopic (exact) mass is 368 g/mol. The minimum Gasteiger partial charge on any atom is -0.342 e. The van der Waals surface area contributed by atoms with Gasteiger partial charge in [0.05, 0.1) is 29.9 Å². The second kappa shape index (κ2) is 7.06. The Balaban J connectivity index is 1.38. The summed E-state index contributed by atoms with van der Waals surface area (Å²) in [6.45, 7) is 1.77. The van der Waals surface area contributed by atoms with Crippen molar-refractivity contribution in [3.63, 3.8) is 0 Å². The zero-order valence-corrected chi connectivity index (χ0v) is 15.0. The summed E-state index contributed by atoms with van der Waals surface area (Å²) < 4.78 is 13.3. The lowest BCUT2D eigenvalue weighted by Gasteiger charge is -2.38.